The highest BCUT2D eigenvalue weighted by Crippen LogP contribution is 2.50. The highest BCUT2D eigenvalue weighted by molar-refractivity contribution is 9.11. The minimum Gasteiger partial charge on any atom is -0.496 e. The molecule has 0 radical (unpaired) electrons. The maximum atomic E-state index is 12.4. The van der Waals surface area contributed by atoms with Gasteiger partial charge in [-0.3, -0.25) is 0 Å². The van der Waals surface area contributed by atoms with Gasteiger partial charge in [-0.25, -0.2) is 14.8 Å². The van der Waals surface area contributed by atoms with E-state index in [1.165, 1.54) is 7.11 Å². The predicted octanol–water partition coefficient (Wildman–Crippen LogP) is 10.7. The van der Waals surface area contributed by atoms with Crippen LogP contribution in [0.4, 0.5) is 0 Å². The second-order valence-electron chi connectivity index (χ2n) is 12.2. The average Bonchev–Trinajstić information content (AvgIpc) is 4.01. The molecule has 8 bridgehead atoms. The molecule has 2 aromatic carbocycles. The van der Waals surface area contributed by atoms with Gasteiger partial charge in [0.25, 0.3) is 0 Å². The highest BCUT2D eigenvalue weighted by atomic mass is 79.9. The van der Waals surface area contributed by atoms with Crippen LogP contribution >= 0.6 is 31.9 Å². The SMILES string of the molecule is CCCCc1c2nc(c(-c3ccc(C(=O)OC)cc3)c3ccc([nH]3)c(-c3c(OC)cc(OC)c(Br)c3OC)c3nc(c(Br)c4ccc1[nH]4)C=C3)C=C2. The molecule has 0 amide bonds. The summed E-state index contributed by atoms with van der Waals surface area (Å²) in [6, 6.07) is 17.4. The summed E-state index contributed by atoms with van der Waals surface area (Å²) in [7, 11) is 6.21. The maximum absolute atomic E-state index is 12.4. The number of aromatic nitrogens is 4. The highest BCUT2D eigenvalue weighted by Gasteiger charge is 2.25. The smallest absolute Gasteiger partial charge is 0.337 e. The summed E-state index contributed by atoms with van der Waals surface area (Å²) in [6.07, 6.45) is 11.0. The first kappa shape index (κ1) is 35.3. The Hall–Kier alpha value is -5.13. The zero-order valence-electron chi connectivity index (χ0n) is 29.3. The molecule has 0 spiro atoms. The van der Waals surface area contributed by atoms with Crippen molar-refractivity contribution in [3.05, 3.63) is 97.4 Å². The minimum absolute atomic E-state index is 0.399. The van der Waals surface area contributed by atoms with Crippen molar-refractivity contribution in [1.29, 1.82) is 0 Å². The summed E-state index contributed by atoms with van der Waals surface area (Å²) in [5, 5.41) is 0. The Labute approximate surface area is 318 Å². The number of aromatic amines is 2. The number of carbonyl (C=O) groups is 1. The molecular formula is C41H36Br2N4O5. The molecule has 0 fully saturated rings. The fourth-order valence-electron chi connectivity index (χ4n) is 6.63. The Bertz CT molecular complexity index is 2440. The molecule has 0 atom stereocenters. The Morgan fingerprint density at radius 3 is 1.92 bits per heavy atom. The van der Waals surface area contributed by atoms with Gasteiger partial charge >= 0.3 is 5.97 Å². The number of unbranched alkanes of at least 4 members (excludes halogenated alkanes) is 1. The van der Waals surface area contributed by atoms with Crippen LogP contribution in [0.2, 0.25) is 0 Å². The van der Waals surface area contributed by atoms with Gasteiger partial charge in [-0.05, 0) is 111 Å². The first-order valence-electron chi connectivity index (χ1n) is 16.8. The number of aryl methyl sites for hydroxylation is 1. The zero-order valence-corrected chi connectivity index (χ0v) is 32.5. The number of nitrogens with zero attached hydrogens (tertiary/aromatic N) is 2. The number of nitrogens with one attached hydrogen (secondary N) is 2. The van der Waals surface area contributed by atoms with Gasteiger partial charge in [-0.2, -0.15) is 0 Å². The van der Waals surface area contributed by atoms with Crippen LogP contribution in [0, 0.1) is 0 Å². The molecule has 11 heteroatoms. The van der Waals surface area contributed by atoms with Crippen molar-refractivity contribution in [2.24, 2.45) is 0 Å². The van der Waals surface area contributed by atoms with Crippen molar-refractivity contribution in [3.63, 3.8) is 0 Å². The van der Waals surface area contributed by atoms with Crippen LogP contribution in [0.25, 0.3) is 68.6 Å². The molecule has 0 saturated carbocycles. The second kappa shape index (κ2) is 14.8. The first-order valence-corrected chi connectivity index (χ1v) is 18.4. The maximum Gasteiger partial charge on any atom is 0.337 e. The molecule has 0 unspecified atom stereocenters. The summed E-state index contributed by atoms with van der Waals surface area (Å²) in [5.74, 6) is 1.23. The van der Waals surface area contributed by atoms with Crippen molar-refractivity contribution in [2.45, 2.75) is 26.2 Å². The molecule has 7 rings (SSSR count). The van der Waals surface area contributed by atoms with Crippen LogP contribution in [0.15, 0.2) is 63.5 Å². The van der Waals surface area contributed by atoms with E-state index < -0.39 is 5.97 Å². The summed E-state index contributed by atoms with van der Waals surface area (Å²) in [4.78, 5) is 30.1. The fourth-order valence-corrected chi connectivity index (χ4v) is 7.72. The van der Waals surface area contributed by atoms with Crippen LogP contribution in [-0.2, 0) is 11.2 Å². The summed E-state index contributed by atoms with van der Waals surface area (Å²) in [6.45, 7) is 2.19. The number of halogens is 2. The van der Waals surface area contributed by atoms with Crippen LogP contribution in [0.1, 0.15) is 58.5 Å². The third-order valence-corrected chi connectivity index (χ3v) is 10.8. The van der Waals surface area contributed by atoms with Crippen LogP contribution in [0.3, 0.4) is 0 Å². The first-order chi connectivity index (χ1) is 25.3. The van der Waals surface area contributed by atoms with Gasteiger partial charge in [-0.1, -0.05) is 25.5 Å². The topological polar surface area (TPSA) is 111 Å². The van der Waals surface area contributed by atoms with E-state index >= 15 is 0 Å². The lowest BCUT2D eigenvalue weighted by atomic mass is 10.0. The number of fused-ring (bicyclic) bond motifs is 8. The molecular weight excluding hydrogens is 788 g/mol. The van der Waals surface area contributed by atoms with Crippen LogP contribution in [-0.4, -0.2) is 54.3 Å². The number of esters is 1. The van der Waals surface area contributed by atoms with Crippen molar-refractivity contribution < 1.29 is 23.7 Å². The average molecular weight is 825 g/mol. The van der Waals surface area contributed by atoms with Gasteiger partial charge in [0.2, 0.25) is 0 Å². The summed E-state index contributed by atoms with van der Waals surface area (Å²) >= 11 is 7.57. The Morgan fingerprint density at radius 1 is 0.654 bits per heavy atom. The van der Waals surface area contributed by atoms with E-state index in [1.807, 2.05) is 42.5 Å². The van der Waals surface area contributed by atoms with E-state index in [1.54, 1.807) is 33.5 Å². The van der Waals surface area contributed by atoms with Gasteiger partial charge in [0, 0.05) is 39.3 Å². The lowest BCUT2D eigenvalue weighted by Gasteiger charge is -2.18. The van der Waals surface area contributed by atoms with Crippen LogP contribution < -0.4 is 14.2 Å². The van der Waals surface area contributed by atoms with Gasteiger partial charge in [0.05, 0.1) is 72.3 Å². The van der Waals surface area contributed by atoms with Crippen molar-refractivity contribution in [1.82, 2.24) is 19.9 Å². The molecule has 0 saturated heterocycles. The van der Waals surface area contributed by atoms with E-state index in [-0.39, 0.29) is 0 Å². The van der Waals surface area contributed by atoms with E-state index in [2.05, 4.69) is 73.0 Å². The van der Waals surface area contributed by atoms with E-state index in [0.717, 1.165) is 85.1 Å². The monoisotopic (exact) mass is 822 g/mol. The van der Waals surface area contributed by atoms with E-state index in [4.69, 9.17) is 28.9 Å². The number of benzene rings is 2. The lowest BCUT2D eigenvalue weighted by molar-refractivity contribution is 0.0600. The quantitative estimate of drug-likeness (QED) is 0.139. The standard InChI is InChI=1S/C41H36Br2N4O5/c1-6-7-8-24-25-13-15-27(44-25)35(22-9-11-23(12-10-22)41(48)52-5)28-16-17-29(46-28)36(37-33(49-2)21-34(50-3)39(43)40(37)51-4)30-18-20-32(47-30)38(42)31-19-14-26(24)45-31/h9-21,45-46H,6-8H2,1-5H3. The van der Waals surface area contributed by atoms with Crippen molar-refractivity contribution in [2.75, 3.05) is 28.4 Å². The minimum atomic E-state index is -0.399. The number of methoxy groups -OCH3 is 4. The molecule has 9 nitrogen and oxygen atoms in total. The van der Waals surface area contributed by atoms with Crippen molar-refractivity contribution >= 4 is 84.2 Å². The molecule has 5 aromatic rings. The molecule has 264 valence electrons. The number of ether oxygens (including phenoxy) is 4. The van der Waals surface area contributed by atoms with Crippen molar-refractivity contribution in [3.8, 4) is 39.5 Å². The third kappa shape index (κ3) is 6.32. The van der Waals surface area contributed by atoms with Gasteiger partial charge in [-0.15, -0.1) is 0 Å². The number of H-pyrrole nitrogens is 2. The molecule has 2 N–H and O–H groups in total. The van der Waals surface area contributed by atoms with E-state index in [9.17, 15) is 4.79 Å². The number of carbonyl (C=O) groups excluding carboxylic acids is 1. The summed E-state index contributed by atoms with van der Waals surface area (Å²) in [5.41, 5.74) is 11.4. The summed E-state index contributed by atoms with van der Waals surface area (Å²) < 4.78 is 24.1. The number of hydrogen-bond donors (Lipinski definition) is 2. The zero-order chi connectivity index (χ0) is 36.5. The molecule has 5 heterocycles. The third-order valence-electron chi connectivity index (χ3n) is 9.22. The predicted molar refractivity (Wildman–Crippen MR) is 215 cm³/mol. The number of hydrogen-bond acceptors (Lipinski definition) is 7. The lowest BCUT2D eigenvalue weighted by Crippen LogP contribution is -2.00. The molecule has 52 heavy (non-hydrogen) atoms. The molecule has 2 aliphatic heterocycles. The molecule has 0 aliphatic carbocycles. The van der Waals surface area contributed by atoms with Gasteiger partial charge in [0.1, 0.15) is 21.7 Å². The largest absolute Gasteiger partial charge is 0.496 e. The number of rotatable bonds is 9. The Morgan fingerprint density at radius 2 is 1.25 bits per heavy atom. The molecule has 3 aromatic heterocycles. The molecule has 2 aliphatic rings. The van der Waals surface area contributed by atoms with Crippen LogP contribution in [0.5, 0.6) is 17.2 Å². The Balaban J connectivity index is 1.65. The normalized spacial score (nSPS) is 11.9. The fraction of sp³-hybridized carbons (Fsp3) is 0.195. The Kier molecular flexibility index (Phi) is 10.1. The van der Waals surface area contributed by atoms with E-state index in [0.29, 0.717) is 38.5 Å². The second-order valence-corrected chi connectivity index (χ2v) is 13.8. The van der Waals surface area contributed by atoms with Gasteiger partial charge < -0.3 is 28.9 Å². The van der Waals surface area contributed by atoms with Gasteiger partial charge in [0.15, 0.2) is 0 Å².